The highest BCUT2D eigenvalue weighted by atomic mass is 16.8. The molecule has 2 aliphatic rings. The monoisotopic (exact) mass is 876 g/mol. The van der Waals surface area contributed by atoms with E-state index in [2.05, 4.69) is 27.0 Å². The molecule has 2 aliphatic heterocycles. The predicted molar refractivity (Wildman–Crippen MR) is 212 cm³/mol. The van der Waals surface area contributed by atoms with Crippen LogP contribution in [0.15, 0.2) is 61.7 Å². The number of ether oxygens (including phenoxy) is 10. The van der Waals surface area contributed by atoms with Gasteiger partial charge in [-0.2, -0.15) is 0 Å². The van der Waals surface area contributed by atoms with Gasteiger partial charge in [0.1, 0.15) is 76.5 Å². The molecule has 0 saturated carbocycles. The van der Waals surface area contributed by atoms with Gasteiger partial charge in [-0.05, 0) is 26.7 Å². The first-order valence-electron chi connectivity index (χ1n) is 20.8. The van der Waals surface area contributed by atoms with Crippen LogP contribution in [-0.4, -0.2) is 122 Å². The van der Waals surface area contributed by atoms with Gasteiger partial charge in [0.05, 0.1) is 39.1 Å². The summed E-state index contributed by atoms with van der Waals surface area (Å²) in [6, 6.07) is 0. The minimum absolute atomic E-state index is 0.0347. The number of unbranched alkanes of at least 4 members (excludes halogenated alkanes) is 2. The Bertz CT molecular complexity index is 1710. The summed E-state index contributed by atoms with van der Waals surface area (Å²) in [5.74, 6) is -2.61. The summed E-state index contributed by atoms with van der Waals surface area (Å²) in [7, 11) is 0. The summed E-state index contributed by atoms with van der Waals surface area (Å²) in [5.41, 5.74) is 0.221. The number of aryl methyl sites for hydroxylation is 4. The molecule has 0 aromatic carbocycles. The molecule has 20 heteroatoms. The number of imidazole rings is 2. The lowest BCUT2D eigenvalue weighted by Crippen LogP contribution is -2.38. The molecule has 4 rings (SSSR count). The lowest BCUT2D eigenvalue weighted by atomic mass is 10.1. The molecule has 62 heavy (non-hydrogen) atoms. The highest BCUT2D eigenvalue weighted by molar-refractivity contribution is 5.87. The first-order valence-corrected chi connectivity index (χ1v) is 20.8. The van der Waals surface area contributed by atoms with Gasteiger partial charge >= 0.3 is 36.2 Å². The Hall–Kier alpha value is -5.76. The Morgan fingerprint density at radius 1 is 0.645 bits per heavy atom. The summed E-state index contributed by atoms with van der Waals surface area (Å²) < 4.78 is 61.9. The molecular formula is C42H60N4O16+2. The van der Waals surface area contributed by atoms with Crippen LogP contribution in [0.2, 0.25) is 0 Å². The van der Waals surface area contributed by atoms with Gasteiger partial charge < -0.3 is 47.4 Å². The first kappa shape index (κ1) is 48.9. The maximum atomic E-state index is 13.0. The number of nitrogens with zero attached hydrogens (tertiary/aromatic N) is 4. The third-order valence-corrected chi connectivity index (χ3v) is 9.52. The van der Waals surface area contributed by atoms with E-state index in [-0.39, 0.29) is 37.2 Å². The van der Waals surface area contributed by atoms with Gasteiger partial charge in [0, 0.05) is 11.1 Å². The number of hydrogen-bond donors (Lipinski definition) is 0. The molecule has 0 radical (unpaired) electrons. The van der Waals surface area contributed by atoms with E-state index >= 15 is 0 Å². The highest BCUT2D eigenvalue weighted by Gasteiger charge is 2.52. The van der Waals surface area contributed by atoms with Crippen LogP contribution in [-0.2, 0) is 92.7 Å². The Balaban J connectivity index is 1.24. The molecule has 0 aliphatic carbocycles. The van der Waals surface area contributed by atoms with E-state index in [0.29, 0.717) is 13.1 Å². The normalized spacial score (nSPS) is 18.7. The van der Waals surface area contributed by atoms with E-state index in [1.165, 1.54) is 13.8 Å². The smallest absolute Gasteiger partial charge is 0.461 e. The van der Waals surface area contributed by atoms with Crippen molar-refractivity contribution >= 4 is 36.2 Å². The third-order valence-electron chi connectivity index (χ3n) is 9.52. The number of rotatable bonds is 26. The number of esters is 4. The van der Waals surface area contributed by atoms with Crippen LogP contribution in [0.3, 0.4) is 0 Å². The molecule has 2 aromatic heterocycles. The molecule has 20 nitrogen and oxygen atoms in total. The zero-order chi connectivity index (χ0) is 45.0. The second-order valence-corrected chi connectivity index (χ2v) is 15.0. The van der Waals surface area contributed by atoms with Crippen LogP contribution in [0.1, 0.15) is 66.2 Å². The fraction of sp³-hybridized carbons (Fsp3) is 0.619. The largest absolute Gasteiger partial charge is 0.509 e. The van der Waals surface area contributed by atoms with Crippen molar-refractivity contribution in [3.63, 3.8) is 0 Å². The zero-order valence-corrected chi connectivity index (χ0v) is 36.0. The quantitative estimate of drug-likeness (QED) is 0.0575. The van der Waals surface area contributed by atoms with Crippen LogP contribution in [0.25, 0.3) is 0 Å². The van der Waals surface area contributed by atoms with Crippen molar-refractivity contribution in [2.24, 2.45) is 0 Å². The SMILES string of the molecule is C=C(C)C(=O)OCC(COC(=O)CCn1cc[n+](CCCC)c1)OC(=O)O[C@H]1CO[C@H]2[C@@H]1OC[C@H]2OC(=O)OC(COC(=O)CCn1cc[n+](CCCC)c1)COC(=O)C(=C)C. The van der Waals surface area contributed by atoms with Gasteiger partial charge in [-0.25, -0.2) is 37.4 Å². The van der Waals surface area contributed by atoms with Crippen molar-refractivity contribution in [1.82, 2.24) is 9.13 Å². The standard InChI is InChI=1S/C42H60N4O16/c1-7-9-13-43-17-19-45(27-43)15-11-35(47)53-21-31(23-57-39(49)29(3)4)59-41(51)61-33-25-55-38-34(26-56-37(33)38)62-42(52)60-32(24-58-40(50)30(5)6)22-54-36(48)12-16-46-20-18-44(28-46)14-10-8-2/h17-20,27-28,31-34,37-38H,3,5,7-16,21-26H2,1-2,4,6H3/q+2/t31?,32?,33-,34+,37-,38-/m1/s1. The number of carbonyl (C=O) groups excluding carboxylic acids is 6. The van der Waals surface area contributed by atoms with Crippen molar-refractivity contribution in [2.75, 3.05) is 39.6 Å². The molecule has 0 N–H and O–H groups in total. The molecule has 2 fully saturated rings. The minimum Gasteiger partial charge on any atom is -0.461 e. The fourth-order valence-electron chi connectivity index (χ4n) is 6.07. The van der Waals surface area contributed by atoms with Gasteiger partial charge in [-0.15, -0.1) is 0 Å². The minimum atomic E-state index is -1.23. The third kappa shape index (κ3) is 16.6. The van der Waals surface area contributed by atoms with Crippen molar-refractivity contribution < 1.29 is 85.3 Å². The zero-order valence-electron chi connectivity index (χ0n) is 36.0. The van der Waals surface area contributed by atoms with Crippen LogP contribution in [0.5, 0.6) is 0 Å². The van der Waals surface area contributed by atoms with Crippen molar-refractivity contribution in [1.29, 1.82) is 0 Å². The van der Waals surface area contributed by atoms with Gasteiger partial charge in [-0.1, -0.05) is 39.8 Å². The number of aromatic nitrogens is 4. The Morgan fingerprint density at radius 3 is 1.40 bits per heavy atom. The van der Waals surface area contributed by atoms with E-state index in [0.717, 1.165) is 38.8 Å². The van der Waals surface area contributed by atoms with Crippen LogP contribution >= 0.6 is 0 Å². The van der Waals surface area contributed by atoms with Gasteiger partial charge in [0.2, 0.25) is 12.7 Å². The van der Waals surface area contributed by atoms with Gasteiger partial charge in [-0.3, -0.25) is 9.59 Å². The Labute approximate surface area is 360 Å². The van der Waals surface area contributed by atoms with Crippen LogP contribution in [0, 0.1) is 0 Å². The van der Waals surface area contributed by atoms with Gasteiger partial charge in [0.25, 0.3) is 0 Å². The molecule has 6 atom stereocenters. The summed E-state index contributed by atoms with van der Waals surface area (Å²) in [6.07, 6.45) is 7.01. The number of hydrogen-bond acceptors (Lipinski definition) is 16. The summed E-state index contributed by atoms with van der Waals surface area (Å²) in [5, 5.41) is 0. The molecule has 2 saturated heterocycles. The average molecular weight is 877 g/mol. The highest BCUT2D eigenvalue weighted by Crippen LogP contribution is 2.31. The molecule has 2 aromatic rings. The topological polar surface area (TPSA) is 212 Å². The molecule has 0 amide bonds. The predicted octanol–water partition coefficient (Wildman–Crippen LogP) is 2.85. The van der Waals surface area contributed by atoms with Crippen molar-refractivity contribution in [3.05, 3.63) is 61.7 Å². The maximum absolute atomic E-state index is 13.0. The molecule has 0 spiro atoms. The fourth-order valence-corrected chi connectivity index (χ4v) is 6.07. The molecule has 342 valence electrons. The first-order chi connectivity index (χ1) is 29.7. The number of fused-ring (bicyclic) bond motifs is 1. The summed E-state index contributed by atoms with van der Waals surface area (Å²) in [4.78, 5) is 75.2. The Morgan fingerprint density at radius 2 is 1.03 bits per heavy atom. The molecule has 0 bridgehead atoms. The van der Waals surface area contributed by atoms with E-state index in [4.69, 9.17) is 47.4 Å². The average Bonchev–Trinajstić information content (AvgIpc) is 4.06. The van der Waals surface area contributed by atoms with E-state index in [1.54, 1.807) is 0 Å². The maximum Gasteiger partial charge on any atom is 0.509 e. The molecule has 4 heterocycles. The summed E-state index contributed by atoms with van der Waals surface area (Å²) >= 11 is 0. The van der Waals surface area contributed by atoms with Crippen LogP contribution < -0.4 is 9.13 Å². The lowest BCUT2D eigenvalue weighted by Gasteiger charge is -2.21. The molecular weight excluding hydrogens is 816 g/mol. The van der Waals surface area contributed by atoms with E-state index in [9.17, 15) is 28.8 Å². The molecule has 2 unspecified atom stereocenters. The van der Waals surface area contributed by atoms with Crippen molar-refractivity contribution in [2.45, 2.75) is 129 Å². The second kappa shape index (κ2) is 25.2. The van der Waals surface area contributed by atoms with Crippen LogP contribution in [0.4, 0.5) is 9.59 Å². The van der Waals surface area contributed by atoms with Crippen molar-refractivity contribution in [3.8, 4) is 0 Å². The number of carbonyl (C=O) groups is 6. The van der Waals surface area contributed by atoms with Gasteiger partial charge in [0.15, 0.2) is 24.4 Å². The summed E-state index contributed by atoms with van der Waals surface area (Å²) in [6.45, 7) is 14.5. The Kier molecular flexibility index (Phi) is 19.9. The second-order valence-electron chi connectivity index (χ2n) is 15.0. The lowest BCUT2D eigenvalue weighted by molar-refractivity contribution is -0.697. The van der Waals surface area contributed by atoms with E-state index in [1.807, 2.05) is 55.7 Å². The van der Waals surface area contributed by atoms with E-state index < -0.39 is 99.2 Å².